The Labute approximate surface area is 113 Å². The fourth-order valence-corrected chi connectivity index (χ4v) is 2.33. The Morgan fingerprint density at radius 1 is 1.39 bits per heavy atom. The van der Waals surface area contributed by atoms with Gasteiger partial charge in [-0.05, 0) is 38.0 Å². The molecule has 100 valence electrons. The van der Waals surface area contributed by atoms with Gasteiger partial charge in [-0.15, -0.1) is 11.6 Å². The van der Waals surface area contributed by atoms with Crippen molar-refractivity contribution in [1.29, 1.82) is 0 Å². The first-order valence-electron chi connectivity index (χ1n) is 6.24. The van der Waals surface area contributed by atoms with E-state index in [9.17, 15) is 0 Å². The third-order valence-electron chi connectivity index (χ3n) is 3.16. The highest BCUT2D eigenvalue weighted by Gasteiger charge is 2.22. The number of rotatable bonds is 5. The van der Waals surface area contributed by atoms with Gasteiger partial charge in [0.15, 0.2) is 0 Å². The van der Waals surface area contributed by atoms with Gasteiger partial charge in [0.1, 0.15) is 18.1 Å². The number of ether oxygens (including phenoxy) is 3. The fourth-order valence-electron chi connectivity index (χ4n) is 2.12. The molecule has 2 atom stereocenters. The van der Waals surface area contributed by atoms with Crippen LogP contribution in [0.1, 0.15) is 25.3 Å². The van der Waals surface area contributed by atoms with E-state index in [0.29, 0.717) is 18.6 Å². The van der Waals surface area contributed by atoms with Crippen molar-refractivity contribution in [1.82, 2.24) is 0 Å². The van der Waals surface area contributed by atoms with Crippen LogP contribution in [0.4, 0.5) is 0 Å². The Kier molecular flexibility index (Phi) is 4.72. The van der Waals surface area contributed by atoms with Crippen LogP contribution in [0.2, 0.25) is 0 Å². The molecule has 0 bridgehead atoms. The van der Waals surface area contributed by atoms with E-state index in [1.807, 2.05) is 18.2 Å². The average molecular weight is 271 g/mol. The van der Waals surface area contributed by atoms with Crippen LogP contribution < -0.4 is 9.47 Å². The van der Waals surface area contributed by atoms with Crippen molar-refractivity contribution in [3.63, 3.8) is 0 Å². The molecule has 2 unspecified atom stereocenters. The van der Waals surface area contributed by atoms with E-state index >= 15 is 0 Å². The SMILES string of the molecule is COc1ccc(OCC2CCC(C)O2)c(CCl)c1. The van der Waals surface area contributed by atoms with Crippen LogP contribution in [0.15, 0.2) is 18.2 Å². The Morgan fingerprint density at radius 3 is 2.83 bits per heavy atom. The summed E-state index contributed by atoms with van der Waals surface area (Å²) in [5.74, 6) is 2.02. The Balaban J connectivity index is 1.96. The van der Waals surface area contributed by atoms with Gasteiger partial charge in [0.25, 0.3) is 0 Å². The maximum absolute atomic E-state index is 5.91. The minimum absolute atomic E-state index is 0.199. The van der Waals surface area contributed by atoms with Crippen molar-refractivity contribution in [3.8, 4) is 11.5 Å². The van der Waals surface area contributed by atoms with Gasteiger partial charge in [0.2, 0.25) is 0 Å². The summed E-state index contributed by atoms with van der Waals surface area (Å²) < 4.78 is 16.7. The molecule has 0 amide bonds. The molecule has 1 aliphatic heterocycles. The highest BCUT2D eigenvalue weighted by atomic mass is 35.5. The van der Waals surface area contributed by atoms with Gasteiger partial charge in [-0.1, -0.05) is 0 Å². The normalized spacial score (nSPS) is 23.1. The monoisotopic (exact) mass is 270 g/mol. The summed E-state index contributed by atoms with van der Waals surface area (Å²) >= 11 is 5.91. The van der Waals surface area contributed by atoms with Crippen LogP contribution in [0.25, 0.3) is 0 Å². The molecule has 1 aromatic carbocycles. The lowest BCUT2D eigenvalue weighted by atomic mass is 10.2. The lowest BCUT2D eigenvalue weighted by molar-refractivity contribution is 0.0263. The van der Waals surface area contributed by atoms with Crippen molar-refractivity contribution in [2.75, 3.05) is 13.7 Å². The average Bonchev–Trinajstić information content (AvgIpc) is 2.82. The van der Waals surface area contributed by atoms with Gasteiger partial charge in [-0.25, -0.2) is 0 Å². The molecule has 1 aromatic rings. The standard InChI is InChI=1S/C14H19ClO3/c1-10-3-4-13(18-10)9-17-14-6-5-12(16-2)7-11(14)8-15/h5-7,10,13H,3-4,8-9H2,1-2H3. The molecular weight excluding hydrogens is 252 g/mol. The van der Waals surface area contributed by atoms with Gasteiger partial charge in [-0.3, -0.25) is 0 Å². The van der Waals surface area contributed by atoms with Crippen LogP contribution in [0.5, 0.6) is 11.5 Å². The molecule has 0 N–H and O–H groups in total. The summed E-state index contributed by atoms with van der Waals surface area (Å²) in [4.78, 5) is 0. The zero-order valence-electron chi connectivity index (χ0n) is 10.8. The third kappa shape index (κ3) is 3.30. The molecule has 2 rings (SSSR count). The van der Waals surface area contributed by atoms with Gasteiger partial charge in [0, 0.05) is 5.56 Å². The summed E-state index contributed by atoms with van der Waals surface area (Å²) in [5.41, 5.74) is 0.946. The molecule has 4 heteroatoms. The second-order valence-electron chi connectivity index (χ2n) is 4.56. The summed E-state index contributed by atoms with van der Waals surface area (Å²) in [6.07, 6.45) is 2.72. The van der Waals surface area contributed by atoms with E-state index in [-0.39, 0.29) is 6.10 Å². The van der Waals surface area contributed by atoms with Crippen LogP contribution in [0.3, 0.4) is 0 Å². The largest absolute Gasteiger partial charge is 0.497 e. The van der Waals surface area contributed by atoms with Crippen LogP contribution in [-0.4, -0.2) is 25.9 Å². The van der Waals surface area contributed by atoms with Crippen LogP contribution in [-0.2, 0) is 10.6 Å². The lowest BCUT2D eigenvalue weighted by Crippen LogP contribution is -2.18. The molecule has 0 aromatic heterocycles. The predicted octanol–water partition coefficient (Wildman–Crippen LogP) is 3.38. The highest BCUT2D eigenvalue weighted by molar-refractivity contribution is 6.17. The number of methoxy groups -OCH3 is 1. The predicted molar refractivity (Wildman–Crippen MR) is 71.6 cm³/mol. The van der Waals surface area contributed by atoms with Crippen LogP contribution in [0, 0.1) is 0 Å². The molecule has 3 nitrogen and oxygen atoms in total. The Bertz CT molecular complexity index is 395. The molecule has 1 fully saturated rings. The topological polar surface area (TPSA) is 27.7 Å². The number of alkyl halides is 1. The minimum atomic E-state index is 0.199. The van der Waals surface area contributed by atoms with E-state index in [1.165, 1.54) is 0 Å². The Morgan fingerprint density at radius 2 is 2.22 bits per heavy atom. The van der Waals surface area contributed by atoms with Gasteiger partial charge >= 0.3 is 0 Å². The second-order valence-corrected chi connectivity index (χ2v) is 4.83. The molecule has 0 aliphatic carbocycles. The van der Waals surface area contributed by atoms with E-state index in [0.717, 1.165) is 29.9 Å². The molecule has 0 saturated carbocycles. The lowest BCUT2D eigenvalue weighted by Gasteiger charge is -2.15. The second kappa shape index (κ2) is 6.30. The maximum atomic E-state index is 5.91. The fraction of sp³-hybridized carbons (Fsp3) is 0.571. The number of hydrogen-bond acceptors (Lipinski definition) is 3. The summed E-state index contributed by atoms with van der Waals surface area (Å²) in [5, 5.41) is 0. The van der Waals surface area contributed by atoms with E-state index in [4.69, 9.17) is 25.8 Å². The zero-order valence-corrected chi connectivity index (χ0v) is 11.6. The van der Waals surface area contributed by atoms with Crippen molar-refractivity contribution < 1.29 is 14.2 Å². The summed E-state index contributed by atoms with van der Waals surface area (Å²) in [6, 6.07) is 5.68. The molecule has 1 aliphatic rings. The van der Waals surface area contributed by atoms with E-state index in [2.05, 4.69) is 6.92 Å². The first-order valence-corrected chi connectivity index (χ1v) is 6.77. The van der Waals surface area contributed by atoms with Gasteiger partial charge in [-0.2, -0.15) is 0 Å². The molecule has 0 radical (unpaired) electrons. The van der Waals surface area contributed by atoms with E-state index in [1.54, 1.807) is 7.11 Å². The van der Waals surface area contributed by atoms with E-state index < -0.39 is 0 Å². The first-order chi connectivity index (χ1) is 8.72. The molecule has 0 spiro atoms. The number of hydrogen-bond donors (Lipinski definition) is 0. The van der Waals surface area contributed by atoms with Crippen molar-refractivity contribution >= 4 is 11.6 Å². The smallest absolute Gasteiger partial charge is 0.124 e. The maximum Gasteiger partial charge on any atom is 0.124 e. The van der Waals surface area contributed by atoms with Crippen LogP contribution >= 0.6 is 11.6 Å². The molecule has 1 heterocycles. The number of benzene rings is 1. The van der Waals surface area contributed by atoms with Crippen molar-refractivity contribution in [2.45, 2.75) is 37.9 Å². The molecular formula is C14H19ClO3. The molecule has 18 heavy (non-hydrogen) atoms. The zero-order chi connectivity index (χ0) is 13.0. The Hall–Kier alpha value is -0.930. The molecule has 1 saturated heterocycles. The minimum Gasteiger partial charge on any atom is -0.497 e. The van der Waals surface area contributed by atoms with Gasteiger partial charge in [0.05, 0.1) is 25.2 Å². The van der Waals surface area contributed by atoms with Crippen molar-refractivity contribution in [3.05, 3.63) is 23.8 Å². The quantitative estimate of drug-likeness (QED) is 0.768. The van der Waals surface area contributed by atoms with Gasteiger partial charge < -0.3 is 14.2 Å². The summed E-state index contributed by atoms with van der Waals surface area (Å²) in [7, 11) is 1.64. The number of halogens is 1. The van der Waals surface area contributed by atoms with Crippen molar-refractivity contribution in [2.24, 2.45) is 0 Å². The first kappa shape index (κ1) is 13.5. The summed E-state index contributed by atoms with van der Waals surface area (Å²) in [6.45, 7) is 2.68. The third-order valence-corrected chi connectivity index (χ3v) is 3.44. The highest BCUT2D eigenvalue weighted by Crippen LogP contribution is 2.27.